The molecule has 0 heterocycles. The second-order valence-corrected chi connectivity index (χ2v) is 5.38. The number of aliphatic hydroxyl groups is 1. The van der Waals surface area contributed by atoms with Crippen molar-refractivity contribution in [2.45, 2.75) is 19.4 Å². The number of aliphatic carboxylic acids is 1. The number of ether oxygens (including phenoxy) is 2. The van der Waals surface area contributed by atoms with Crippen LogP contribution in [0.15, 0.2) is 36.4 Å². The van der Waals surface area contributed by atoms with Crippen molar-refractivity contribution < 1.29 is 24.5 Å². The van der Waals surface area contributed by atoms with Gasteiger partial charge in [-0.1, -0.05) is 28.1 Å². The molecule has 25 heavy (non-hydrogen) atoms. The molecule has 0 unspecified atom stereocenters. The number of carbonyl (C=O) groups is 1. The average Bonchev–Trinajstić information content (AvgIpc) is 2.62. The number of aryl methyl sites for hydroxylation is 2. The van der Waals surface area contributed by atoms with E-state index < -0.39 is 11.6 Å². The first-order valence-electron chi connectivity index (χ1n) is 7.48. The van der Waals surface area contributed by atoms with Gasteiger partial charge in [0.25, 0.3) is 0 Å². The van der Waals surface area contributed by atoms with E-state index in [2.05, 4.69) is 15.9 Å². The van der Waals surface area contributed by atoms with E-state index in [1.165, 1.54) is 14.2 Å². The summed E-state index contributed by atoms with van der Waals surface area (Å²) in [5, 5.41) is 20.6. The lowest BCUT2D eigenvalue weighted by Crippen LogP contribution is -2.37. The minimum absolute atomic E-state index is 0.271. The molecule has 0 aliphatic heterocycles. The predicted octanol–water partition coefficient (Wildman–Crippen LogP) is 3.65. The highest BCUT2D eigenvalue weighted by Gasteiger charge is 2.40. The van der Waals surface area contributed by atoms with Crippen LogP contribution in [0.3, 0.4) is 0 Å². The highest BCUT2D eigenvalue weighted by molar-refractivity contribution is 9.08. The minimum atomic E-state index is -2.14. The quantitative estimate of drug-likeness (QED) is 0.735. The summed E-state index contributed by atoms with van der Waals surface area (Å²) in [6, 6.07) is 9.64. The fourth-order valence-corrected chi connectivity index (χ4v) is 2.62. The molecule has 0 aliphatic rings. The molecule has 136 valence electrons. The Morgan fingerprint density at radius 3 is 1.52 bits per heavy atom. The summed E-state index contributed by atoms with van der Waals surface area (Å²) >= 11 is 2.94. The Morgan fingerprint density at radius 1 is 0.920 bits per heavy atom. The molecule has 2 N–H and O–H groups in total. The van der Waals surface area contributed by atoms with Gasteiger partial charge in [-0.2, -0.15) is 0 Å². The van der Waals surface area contributed by atoms with E-state index in [1.54, 1.807) is 50.2 Å². The third kappa shape index (κ3) is 4.14. The van der Waals surface area contributed by atoms with Crippen LogP contribution in [0.5, 0.6) is 11.5 Å². The molecule has 0 saturated carbocycles. The lowest BCUT2D eigenvalue weighted by molar-refractivity contribution is -0.155. The van der Waals surface area contributed by atoms with Gasteiger partial charge in [0.2, 0.25) is 5.60 Å². The third-order valence-electron chi connectivity index (χ3n) is 3.93. The lowest BCUT2D eigenvalue weighted by Gasteiger charge is -2.26. The van der Waals surface area contributed by atoms with Gasteiger partial charge in [-0.05, 0) is 66.2 Å². The summed E-state index contributed by atoms with van der Waals surface area (Å²) in [5.74, 6) is 1.74. The zero-order chi connectivity index (χ0) is 19.2. The summed E-state index contributed by atoms with van der Waals surface area (Å²) in [6.07, 6.45) is 0. The number of hydrogen-bond donors (Lipinski definition) is 2. The highest BCUT2D eigenvalue weighted by atomic mass is 79.9. The molecular formula is C19H23BrO5. The van der Waals surface area contributed by atoms with Crippen LogP contribution in [0.2, 0.25) is 0 Å². The van der Waals surface area contributed by atoms with Gasteiger partial charge in [0.15, 0.2) is 0 Å². The molecular weight excluding hydrogens is 388 g/mol. The summed E-state index contributed by atoms with van der Waals surface area (Å²) < 4.78 is 10.4. The van der Waals surface area contributed by atoms with Crippen molar-refractivity contribution in [3.05, 3.63) is 58.7 Å². The SMILES string of the molecule is CBr.COc1ccc(C(O)(C(=O)O)c2ccc(OC)c(C)c2)cc1C. The van der Waals surface area contributed by atoms with Crippen molar-refractivity contribution in [3.63, 3.8) is 0 Å². The molecule has 0 amide bonds. The van der Waals surface area contributed by atoms with E-state index in [-0.39, 0.29) is 11.1 Å². The molecule has 2 aromatic rings. The summed E-state index contributed by atoms with van der Waals surface area (Å²) in [4.78, 5) is 11.8. The van der Waals surface area contributed by atoms with Gasteiger partial charge in [-0.3, -0.25) is 0 Å². The predicted molar refractivity (Wildman–Crippen MR) is 101 cm³/mol. The Bertz CT molecular complexity index is 689. The zero-order valence-electron chi connectivity index (χ0n) is 15.0. The number of rotatable bonds is 5. The Morgan fingerprint density at radius 2 is 1.28 bits per heavy atom. The van der Waals surface area contributed by atoms with Crippen molar-refractivity contribution in [2.24, 2.45) is 0 Å². The topological polar surface area (TPSA) is 76.0 Å². The van der Waals surface area contributed by atoms with E-state index in [4.69, 9.17) is 9.47 Å². The van der Waals surface area contributed by atoms with E-state index >= 15 is 0 Å². The highest BCUT2D eigenvalue weighted by Crippen LogP contribution is 2.34. The van der Waals surface area contributed by atoms with Crippen molar-refractivity contribution in [1.29, 1.82) is 0 Å². The molecule has 0 aliphatic carbocycles. The number of carboxylic acids is 1. The van der Waals surface area contributed by atoms with Gasteiger partial charge >= 0.3 is 5.97 Å². The van der Waals surface area contributed by atoms with Gasteiger partial charge in [0, 0.05) is 0 Å². The Balaban J connectivity index is 0.00000151. The molecule has 0 saturated heterocycles. The zero-order valence-corrected chi connectivity index (χ0v) is 16.5. The first kappa shape index (κ1) is 21.0. The van der Waals surface area contributed by atoms with Crippen LogP contribution in [0.1, 0.15) is 22.3 Å². The Labute approximate surface area is 156 Å². The van der Waals surface area contributed by atoms with Crippen molar-refractivity contribution >= 4 is 21.9 Å². The van der Waals surface area contributed by atoms with Crippen LogP contribution < -0.4 is 9.47 Å². The van der Waals surface area contributed by atoms with Crippen LogP contribution in [0, 0.1) is 13.8 Å². The Kier molecular flexibility index (Phi) is 7.45. The summed E-state index contributed by atoms with van der Waals surface area (Å²) in [6.45, 7) is 3.59. The maximum absolute atomic E-state index is 11.8. The van der Waals surface area contributed by atoms with E-state index in [9.17, 15) is 15.0 Å². The van der Waals surface area contributed by atoms with Crippen molar-refractivity contribution in [2.75, 3.05) is 20.1 Å². The fraction of sp³-hybridized carbons (Fsp3) is 0.316. The van der Waals surface area contributed by atoms with Crippen molar-refractivity contribution in [1.82, 2.24) is 0 Å². The molecule has 0 spiro atoms. The molecule has 2 aromatic carbocycles. The summed E-state index contributed by atoms with van der Waals surface area (Å²) in [5.41, 5.74) is -0.112. The molecule has 0 fully saturated rings. The molecule has 0 radical (unpaired) electrons. The van der Waals surface area contributed by atoms with Crippen LogP contribution in [-0.4, -0.2) is 36.2 Å². The number of hydrogen-bond acceptors (Lipinski definition) is 4. The van der Waals surface area contributed by atoms with Gasteiger partial charge < -0.3 is 19.7 Å². The van der Waals surface area contributed by atoms with Crippen molar-refractivity contribution in [3.8, 4) is 11.5 Å². The monoisotopic (exact) mass is 410 g/mol. The molecule has 0 bridgehead atoms. The summed E-state index contributed by atoms with van der Waals surface area (Å²) in [7, 11) is 3.08. The molecule has 0 atom stereocenters. The molecule has 2 rings (SSSR count). The molecule has 6 heteroatoms. The average molecular weight is 411 g/mol. The molecule has 5 nitrogen and oxygen atoms in total. The van der Waals surface area contributed by atoms with Gasteiger partial charge in [-0.25, -0.2) is 4.79 Å². The van der Waals surface area contributed by atoms with Gasteiger partial charge in [0.05, 0.1) is 14.2 Å². The van der Waals surface area contributed by atoms with E-state index in [0.29, 0.717) is 11.5 Å². The second-order valence-electron chi connectivity index (χ2n) is 5.38. The maximum Gasteiger partial charge on any atom is 0.345 e. The largest absolute Gasteiger partial charge is 0.496 e. The molecule has 0 aromatic heterocycles. The number of benzene rings is 2. The normalized spacial score (nSPS) is 10.5. The van der Waals surface area contributed by atoms with E-state index in [1.807, 2.05) is 5.83 Å². The smallest absolute Gasteiger partial charge is 0.345 e. The fourth-order valence-electron chi connectivity index (χ4n) is 2.62. The lowest BCUT2D eigenvalue weighted by atomic mass is 9.85. The number of alkyl halides is 1. The third-order valence-corrected chi connectivity index (χ3v) is 3.93. The van der Waals surface area contributed by atoms with Crippen LogP contribution in [0.25, 0.3) is 0 Å². The van der Waals surface area contributed by atoms with E-state index in [0.717, 1.165) is 11.1 Å². The van der Waals surface area contributed by atoms with Crippen LogP contribution in [0.4, 0.5) is 0 Å². The number of carboxylic acid groups (broad SMARTS) is 1. The van der Waals surface area contributed by atoms with Gasteiger partial charge in [0.1, 0.15) is 11.5 Å². The minimum Gasteiger partial charge on any atom is -0.496 e. The Hall–Kier alpha value is -2.05. The number of methoxy groups -OCH3 is 2. The van der Waals surface area contributed by atoms with Crippen LogP contribution >= 0.6 is 15.9 Å². The first-order valence-corrected chi connectivity index (χ1v) is 9.07. The number of halogens is 1. The van der Waals surface area contributed by atoms with Crippen LogP contribution in [-0.2, 0) is 10.4 Å². The standard InChI is InChI=1S/C18H20O5.CH3Br/c1-11-9-13(5-7-15(11)22-3)18(21,17(19)20)14-6-8-16(23-4)12(2)10-14;1-2/h5-10,21H,1-4H3,(H,19,20);1H3. The first-order chi connectivity index (χ1) is 11.8. The maximum atomic E-state index is 11.8. The second kappa shape index (κ2) is 8.87. The van der Waals surface area contributed by atoms with Gasteiger partial charge in [-0.15, -0.1) is 0 Å².